The fraction of sp³-hybridized carbons (Fsp3) is 0.400. The topological polar surface area (TPSA) is 32.3 Å². The van der Waals surface area contributed by atoms with Gasteiger partial charge in [0.1, 0.15) is 0 Å². The van der Waals surface area contributed by atoms with Gasteiger partial charge in [0.15, 0.2) is 0 Å². The van der Waals surface area contributed by atoms with Crippen LogP contribution in [0.25, 0.3) is 0 Å². The quantitative estimate of drug-likeness (QED) is 0.770. The second-order valence-electron chi connectivity index (χ2n) is 3.05. The molecule has 0 saturated heterocycles. The molecule has 0 aliphatic carbocycles. The van der Waals surface area contributed by atoms with E-state index in [-0.39, 0.29) is 6.10 Å². The highest BCUT2D eigenvalue weighted by molar-refractivity contribution is 6.30. The molecule has 1 aromatic carbocycles. The largest absolute Gasteiger partial charge is 0.391 e. The number of hydrogen-bond donors (Lipinski definition) is 2. The number of halogens is 1. The Labute approximate surface area is 83.5 Å². The molecule has 0 heterocycles. The molecule has 2 nitrogen and oxygen atoms in total. The molecule has 1 aromatic rings. The lowest BCUT2D eigenvalue weighted by Gasteiger charge is -2.09. The first-order chi connectivity index (χ1) is 6.22. The number of benzene rings is 1. The van der Waals surface area contributed by atoms with Gasteiger partial charge < -0.3 is 10.4 Å². The first kappa shape index (κ1) is 10.5. The summed E-state index contributed by atoms with van der Waals surface area (Å²) in [5.74, 6) is 0. The van der Waals surface area contributed by atoms with Crippen molar-refractivity contribution < 1.29 is 5.11 Å². The summed E-state index contributed by atoms with van der Waals surface area (Å²) in [6.07, 6.45) is 0.296. The first-order valence-corrected chi connectivity index (χ1v) is 4.67. The highest BCUT2D eigenvalue weighted by Gasteiger charge is 2.03. The number of hydrogen-bond acceptors (Lipinski definition) is 2. The minimum atomic E-state index is -0.344. The summed E-state index contributed by atoms with van der Waals surface area (Å²) < 4.78 is 0. The van der Waals surface area contributed by atoms with E-state index in [2.05, 4.69) is 5.32 Å². The highest BCUT2D eigenvalue weighted by atomic mass is 35.5. The fourth-order valence-electron chi connectivity index (χ4n) is 1.24. The number of rotatable bonds is 4. The molecule has 0 radical (unpaired) electrons. The van der Waals surface area contributed by atoms with Crippen molar-refractivity contribution in [3.8, 4) is 0 Å². The third kappa shape index (κ3) is 3.77. The smallest absolute Gasteiger partial charge is 0.0704 e. The van der Waals surface area contributed by atoms with Crippen LogP contribution >= 0.6 is 11.6 Å². The van der Waals surface area contributed by atoms with Crippen molar-refractivity contribution in [3.05, 3.63) is 34.9 Å². The summed E-state index contributed by atoms with van der Waals surface area (Å²) in [6, 6.07) is 7.56. The van der Waals surface area contributed by atoms with E-state index in [1.165, 1.54) is 0 Å². The van der Waals surface area contributed by atoms with E-state index < -0.39 is 0 Å². The second-order valence-corrected chi connectivity index (χ2v) is 3.48. The van der Waals surface area contributed by atoms with Gasteiger partial charge in [-0.15, -0.1) is 0 Å². The molecule has 3 heteroatoms. The summed E-state index contributed by atoms with van der Waals surface area (Å²) in [4.78, 5) is 0. The normalized spacial score (nSPS) is 12.8. The van der Waals surface area contributed by atoms with Gasteiger partial charge in [0.25, 0.3) is 0 Å². The van der Waals surface area contributed by atoms with Gasteiger partial charge in [0.2, 0.25) is 0 Å². The Bertz CT molecular complexity index is 265. The van der Waals surface area contributed by atoms with Gasteiger partial charge in [-0.05, 0) is 31.2 Å². The maximum Gasteiger partial charge on any atom is 0.0704 e. The van der Waals surface area contributed by atoms with Crippen molar-refractivity contribution >= 4 is 11.6 Å². The van der Waals surface area contributed by atoms with Crippen molar-refractivity contribution in [1.29, 1.82) is 0 Å². The minimum Gasteiger partial charge on any atom is -0.391 e. The van der Waals surface area contributed by atoms with Crippen molar-refractivity contribution in [2.75, 3.05) is 13.6 Å². The summed E-state index contributed by atoms with van der Waals surface area (Å²) >= 11 is 5.81. The van der Waals surface area contributed by atoms with Gasteiger partial charge >= 0.3 is 0 Å². The molecule has 1 rings (SSSR count). The maximum atomic E-state index is 9.49. The van der Waals surface area contributed by atoms with Crippen LogP contribution in [-0.2, 0) is 6.42 Å². The molecule has 0 fully saturated rings. The summed E-state index contributed by atoms with van der Waals surface area (Å²) in [6.45, 7) is 0.604. The lowest BCUT2D eigenvalue weighted by Crippen LogP contribution is -2.25. The Kier molecular flexibility index (Phi) is 4.22. The van der Waals surface area contributed by atoms with Crippen LogP contribution in [0.2, 0.25) is 5.02 Å². The Hall–Kier alpha value is -0.570. The average Bonchev–Trinajstić information content (AvgIpc) is 2.04. The van der Waals surface area contributed by atoms with Crippen LogP contribution in [0.1, 0.15) is 5.56 Å². The zero-order chi connectivity index (χ0) is 9.68. The van der Waals surface area contributed by atoms with Gasteiger partial charge in [-0.3, -0.25) is 0 Å². The molecular formula is C10H14ClNO. The predicted molar refractivity (Wildman–Crippen MR) is 55.1 cm³/mol. The van der Waals surface area contributed by atoms with E-state index >= 15 is 0 Å². The SMILES string of the molecule is CNCC(O)Cc1cccc(Cl)c1. The maximum absolute atomic E-state index is 9.49. The number of nitrogens with one attached hydrogen (secondary N) is 1. The molecule has 1 atom stereocenters. The third-order valence-electron chi connectivity index (χ3n) is 1.80. The van der Waals surface area contributed by atoms with Crippen LogP contribution in [0.3, 0.4) is 0 Å². The number of aliphatic hydroxyl groups is 1. The molecule has 1 unspecified atom stereocenters. The van der Waals surface area contributed by atoms with Crippen LogP contribution in [0.15, 0.2) is 24.3 Å². The molecule has 0 amide bonds. The van der Waals surface area contributed by atoms with Crippen LogP contribution in [0.4, 0.5) is 0 Å². The Morgan fingerprint density at radius 3 is 2.92 bits per heavy atom. The third-order valence-corrected chi connectivity index (χ3v) is 2.04. The number of aliphatic hydroxyl groups excluding tert-OH is 1. The van der Waals surface area contributed by atoms with Gasteiger partial charge in [0.05, 0.1) is 6.10 Å². The standard InChI is InChI=1S/C10H14ClNO/c1-12-7-10(13)6-8-3-2-4-9(11)5-8/h2-5,10,12-13H,6-7H2,1H3. The molecule has 0 aliphatic rings. The molecule has 0 saturated carbocycles. The molecular weight excluding hydrogens is 186 g/mol. The first-order valence-electron chi connectivity index (χ1n) is 4.29. The predicted octanol–water partition coefficient (Wildman–Crippen LogP) is 1.46. The minimum absolute atomic E-state index is 0.344. The zero-order valence-corrected chi connectivity index (χ0v) is 8.38. The van der Waals surface area contributed by atoms with E-state index in [4.69, 9.17) is 11.6 Å². The van der Waals surface area contributed by atoms with Crippen LogP contribution in [0, 0.1) is 0 Å². The van der Waals surface area contributed by atoms with Crippen molar-refractivity contribution in [2.24, 2.45) is 0 Å². The monoisotopic (exact) mass is 199 g/mol. The van der Waals surface area contributed by atoms with Crippen molar-refractivity contribution in [2.45, 2.75) is 12.5 Å². The van der Waals surface area contributed by atoms with E-state index in [0.29, 0.717) is 18.0 Å². The molecule has 13 heavy (non-hydrogen) atoms. The lowest BCUT2D eigenvalue weighted by molar-refractivity contribution is 0.175. The number of likely N-dealkylation sites (N-methyl/N-ethyl adjacent to an activating group) is 1. The van der Waals surface area contributed by atoms with Crippen LogP contribution in [0.5, 0.6) is 0 Å². The van der Waals surface area contributed by atoms with Gasteiger partial charge in [-0.25, -0.2) is 0 Å². The second kappa shape index (κ2) is 5.22. The molecule has 72 valence electrons. The van der Waals surface area contributed by atoms with E-state index in [1.54, 1.807) is 0 Å². The highest BCUT2D eigenvalue weighted by Crippen LogP contribution is 2.11. The van der Waals surface area contributed by atoms with Crippen LogP contribution in [-0.4, -0.2) is 24.8 Å². The van der Waals surface area contributed by atoms with E-state index in [9.17, 15) is 5.11 Å². The molecule has 0 aliphatic heterocycles. The van der Waals surface area contributed by atoms with Gasteiger partial charge in [-0.2, -0.15) is 0 Å². The Morgan fingerprint density at radius 1 is 1.54 bits per heavy atom. The zero-order valence-electron chi connectivity index (χ0n) is 7.63. The van der Waals surface area contributed by atoms with E-state index in [0.717, 1.165) is 5.56 Å². The van der Waals surface area contributed by atoms with Crippen LogP contribution < -0.4 is 5.32 Å². The Morgan fingerprint density at radius 2 is 2.31 bits per heavy atom. The molecule has 2 N–H and O–H groups in total. The average molecular weight is 200 g/mol. The molecule has 0 bridgehead atoms. The van der Waals surface area contributed by atoms with Crippen molar-refractivity contribution in [1.82, 2.24) is 5.32 Å². The lowest BCUT2D eigenvalue weighted by atomic mass is 10.1. The van der Waals surface area contributed by atoms with Gasteiger partial charge in [-0.1, -0.05) is 23.7 Å². The van der Waals surface area contributed by atoms with Gasteiger partial charge in [0, 0.05) is 11.6 Å². The van der Waals surface area contributed by atoms with E-state index in [1.807, 2.05) is 31.3 Å². The summed E-state index contributed by atoms with van der Waals surface area (Å²) in [7, 11) is 1.82. The molecule has 0 aromatic heterocycles. The fourth-order valence-corrected chi connectivity index (χ4v) is 1.46. The molecule has 0 spiro atoms. The Balaban J connectivity index is 2.53. The summed E-state index contributed by atoms with van der Waals surface area (Å²) in [5, 5.41) is 13.1. The van der Waals surface area contributed by atoms with Crippen molar-refractivity contribution in [3.63, 3.8) is 0 Å². The summed E-state index contributed by atoms with van der Waals surface area (Å²) in [5.41, 5.74) is 1.07.